The summed E-state index contributed by atoms with van der Waals surface area (Å²) < 4.78 is 62.0. The summed E-state index contributed by atoms with van der Waals surface area (Å²) in [5.41, 5.74) is 0.197. The van der Waals surface area contributed by atoms with E-state index in [9.17, 15) is 22.4 Å². The number of hydrogen-bond acceptors (Lipinski definition) is 4. The minimum atomic E-state index is -1.65. The summed E-state index contributed by atoms with van der Waals surface area (Å²) >= 11 is 13.9. The van der Waals surface area contributed by atoms with E-state index in [1.54, 1.807) is 24.0 Å². The van der Waals surface area contributed by atoms with E-state index in [1.165, 1.54) is 7.11 Å². The molecule has 12 heteroatoms. The van der Waals surface area contributed by atoms with Gasteiger partial charge in [0.05, 0.1) is 12.7 Å². The van der Waals surface area contributed by atoms with Crippen LogP contribution in [-0.2, 0) is 0 Å². The summed E-state index contributed by atoms with van der Waals surface area (Å²) in [6, 6.07) is 3.39. The summed E-state index contributed by atoms with van der Waals surface area (Å²) in [7, 11) is 1.45. The predicted octanol–water partition coefficient (Wildman–Crippen LogP) is 4.81. The minimum Gasteiger partial charge on any atom is -0.496 e. The van der Waals surface area contributed by atoms with Gasteiger partial charge in [0, 0.05) is 30.7 Å². The van der Waals surface area contributed by atoms with Crippen LogP contribution in [0.4, 0.5) is 23.2 Å². The molecule has 3 rings (SSSR count). The normalized spacial score (nSPS) is 13.9. The van der Waals surface area contributed by atoms with Gasteiger partial charge in [-0.25, -0.2) is 17.6 Å². The molecule has 1 aliphatic rings. The average Bonchev–Trinajstić information content (AvgIpc) is 2.76. The first-order valence-electron chi connectivity index (χ1n) is 9.27. The van der Waals surface area contributed by atoms with Crippen molar-refractivity contribution in [2.45, 2.75) is 6.92 Å². The van der Waals surface area contributed by atoms with Gasteiger partial charge < -0.3 is 14.5 Å². The zero-order valence-corrected chi connectivity index (χ0v) is 20.0. The average molecular weight is 555 g/mol. The van der Waals surface area contributed by atoms with Gasteiger partial charge in [-0.05, 0) is 36.8 Å². The highest BCUT2D eigenvalue weighted by Gasteiger charge is 2.30. The summed E-state index contributed by atoms with van der Waals surface area (Å²) in [6.07, 6.45) is 0. The maximum Gasteiger partial charge on any atom is 0.261 e. The molecular weight excluding hydrogens is 538 g/mol. The van der Waals surface area contributed by atoms with E-state index < -0.39 is 39.9 Å². The van der Waals surface area contributed by atoms with E-state index in [0.717, 1.165) is 10.5 Å². The molecule has 0 radical (unpaired) electrons. The number of carbonyl (C=O) groups is 1. The van der Waals surface area contributed by atoms with Crippen LogP contribution in [0.25, 0.3) is 0 Å². The number of benzene rings is 2. The first-order valence-corrected chi connectivity index (χ1v) is 10.9. The van der Waals surface area contributed by atoms with Crippen molar-refractivity contribution in [2.75, 3.05) is 38.2 Å². The van der Waals surface area contributed by atoms with Crippen molar-refractivity contribution in [3.63, 3.8) is 0 Å². The van der Waals surface area contributed by atoms with E-state index in [0.29, 0.717) is 10.2 Å². The van der Waals surface area contributed by atoms with Gasteiger partial charge in [-0.15, -0.1) is 0 Å². The van der Waals surface area contributed by atoms with Gasteiger partial charge in [-0.3, -0.25) is 10.1 Å². The quantitative estimate of drug-likeness (QED) is 0.255. The summed E-state index contributed by atoms with van der Waals surface area (Å²) in [5.74, 6) is -6.51. The molecule has 1 amide bonds. The van der Waals surface area contributed by atoms with Gasteiger partial charge in [0.15, 0.2) is 28.4 Å². The molecule has 1 saturated heterocycles. The molecule has 0 aromatic heterocycles. The Balaban J connectivity index is 1.71. The smallest absolute Gasteiger partial charge is 0.261 e. The number of amides is 1. The standard InChI is InChI=1S/C20H17BrClF4N3O2S/c1-9-7-10(21)8-11(18(9)31-2)19(30)27-20(32)29-5-3-28(4-6-29)17-15(25)13(23)12(22)14(24)16(17)26/h7-8H,3-6H2,1-2H3,(H,27,30,32). The molecule has 32 heavy (non-hydrogen) atoms. The van der Waals surface area contributed by atoms with E-state index in [1.807, 2.05) is 0 Å². The number of nitrogens with one attached hydrogen (secondary N) is 1. The highest BCUT2D eigenvalue weighted by Crippen LogP contribution is 2.34. The van der Waals surface area contributed by atoms with Gasteiger partial charge in [0.25, 0.3) is 5.91 Å². The van der Waals surface area contributed by atoms with Crippen LogP contribution < -0.4 is 15.0 Å². The minimum absolute atomic E-state index is 0.00365. The number of anilines is 1. The lowest BCUT2D eigenvalue weighted by molar-refractivity contribution is 0.0969. The zero-order chi connectivity index (χ0) is 23.7. The van der Waals surface area contributed by atoms with Gasteiger partial charge >= 0.3 is 0 Å². The number of rotatable bonds is 3. The highest BCUT2D eigenvalue weighted by atomic mass is 79.9. The van der Waals surface area contributed by atoms with E-state index in [2.05, 4.69) is 21.2 Å². The third kappa shape index (κ3) is 4.65. The number of hydrogen-bond donors (Lipinski definition) is 1. The van der Waals surface area contributed by atoms with Gasteiger partial charge in [-0.2, -0.15) is 0 Å². The van der Waals surface area contributed by atoms with Crippen molar-refractivity contribution in [1.29, 1.82) is 0 Å². The maximum absolute atomic E-state index is 14.2. The number of halogens is 6. The SMILES string of the molecule is COc1c(C)cc(Br)cc1C(=O)NC(=S)N1CCN(c2c(F)c(F)c(Cl)c(F)c2F)CC1. The largest absolute Gasteiger partial charge is 0.496 e. The fourth-order valence-electron chi connectivity index (χ4n) is 3.42. The second-order valence-corrected chi connectivity index (χ2v) is 8.64. The number of piperazine rings is 1. The molecule has 0 spiro atoms. The Hall–Kier alpha value is -2.11. The Morgan fingerprint density at radius 2 is 1.66 bits per heavy atom. The van der Waals surface area contributed by atoms with Crippen LogP contribution in [-0.4, -0.2) is 49.2 Å². The zero-order valence-electron chi connectivity index (χ0n) is 16.9. The Morgan fingerprint density at radius 1 is 1.09 bits per heavy atom. The lowest BCUT2D eigenvalue weighted by atomic mass is 10.1. The second kappa shape index (κ2) is 9.80. The monoisotopic (exact) mass is 553 g/mol. The van der Waals surface area contributed by atoms with Crippen LogP contribution >= 0.6 is 39.7 Å². The first kappa shape index (κ1) is 24.5. The molecule has 2 aromatic carbocycles. The number of methoxy groups -OCH3 is 1. The fraction of sp³-hybridized carbons (Fsp3) is 0.300. The molecule has 1 aliphatic heterocycles. The summed E-state index contributed by atoms with van der Waals surface area (Å²) in [6.45, 7) is 2.10. The van der Waals surface area contributed by atoms with E-state index >= 15 is 0 Å². The number of aryl methyl sites for hydroxylation is 1. The Bertz CT molecular complexity index is 1070. The summed E-state index contributed by atoms with van der Waals surface area (Å²) in [4.78, 5) is 15.5. The number of nitrogens with zero attached hydrogens (tertiary/aromatic N) is 2. The van der Waals surface area contributed by atoms with Crippen molar-refractivity contribution in [3.8, 4) is 5.75 Å². The van der Waals surface area contributed by atoms with Gasteiger partial charge in [0.2, 0.25) is 0 Å². The van der Waals surface area contributed by atoms with Crippen LogP contribution in [0.2, 0.25) is 5.02 Å². The van der Waals surface area contributed by atoms with Crippen molar-refractivity contribution >= 4 is 56.5 Å². The third-order valence-corrected chi connectivity index (χ3v) is 6.13. The number of thiocarbonyl (C=S) groups is 1. The highest BCUT2D eigenvalue weighted by molar-refractivity contribution is 9.10. The molecule has 5 nitrogen and oxygen atoms in total. The Morgan fingerprint density at radius 3 is 2.19 bits per heavy atom. The van der Waals surface area contributed by atoms with E-state index in [4.69, 9.17) is 28.6 Å². The molecule has 1 fully saturated rings. The first-order chi connectivity index (χ1) is 15.1. The number of carbonyl (C=O) groups excluding carboxylic acids is 1. The van der Waals surface area contributed by atoms with Crippen LogP contribution in [0.5, 0.6) is 5.75 Å². The molecule has 0 unspecified atom stereocenters. The van der Waals surface area contributed by atoms with Gasteiger partial charge in [0.1, 0.15) is 16.5 Å². The molecule has 172 valence electrons. The predicted molar refractivity (Wildman–Crippen MR) is 121 cm³/mol. The van der Waals surface area contributed by atoms with Crippen molar-refractivity contribution in [1.82, 2.24) is 10.2 Å². The van der Waals surface area contributed by atoms with E-state index in [-0.39, 0.29) is 36.9 Å². The van der Waals surface area contributed by atoms with Crippen LogP contribution in [0.3, 0.4) is 0 Å². The molecule has 0 aliphatic carbocycles. The van der Waals surface area contributed by atoms with Crippen molar-refractivity contribution in [3.05, 3.63) is 56.0 Å². The molecule has 0 bridgehead atoms. The second-order valence-electron chi connectivity index (χ2n) is 6.96. The van der Waals surface area contributed by atoms with Crippen LogP contribution in [0, 0.1) is 30.2 Å². The lowest BCUT2D eigenvalue weighted by Crippen LogP contribution is -2.53. The number of ether oxygens (including phenoxy) is 1. The molecule has 1 heterocycles. The molecule has 0 saturated carbocycles. The molecular formula is C20H17BrClF4N3O2S. The Kier molecular flexibility index (Phi) is 7.51. The molecule has 1 N–H and O–H groups in total. The Labute approximate surface area is 200 Å². The fourth-order valence-corrected chi connectivity index (χ4v) is 4.43. The maximum atomic E-state index is 14.2. The van der Waals surface area contributed by atoms with Crippen LogP contribution in [0.1, 0.15) is 15.9 Å². The molecule has 2 aromatic rings. The van der Waals surface area contributed by atoms with Crippen LogP contribution in [0.15, 0.2) is 16.6 Å². The van der Waals surface area contributed by atoms with Crippen molar-refractivity contribution < 1.29 is 27.1 Å². The van der Waals surface area contributed by atoms with Crippen molar-refractivity contribution in [2.24, 2.45) is 0 Å². The topological polar surface area (TPSA) is 44.8 Å². The lowest BCUT2D eigenvalue weighted by Gasteiger charge is -2.37. The summed E-state index contributed by atoms with van der Waals surface area (Å²) in [5, 5.41) is 1.48. The molecule has 0 atom stereocenters. The van der Waals surface area contributed by atoms with Gasteiger partial charge in [-0.1, -0.05) is 27.5 Å². The third-order valence-electron chi connectivity index (χ3n) is 4.98.